The van der Waals surface area contributed by atoms with Gasteiger partial charge in [-0.15, -0.1) is 0 Å². The van der Waals surface area contributed by atoms with Crippen LogP contribution in [0.5, 0.6) is 0 Å². The summed E-state index contributed by atoms with van der Waals surface area (Å²) in [5.74, 6) is -1.53. The fourth-order valence-electron chi connectivity index (χ4n) is 0.844. The molecule has 1 unspecified atom stereocenters. The van der Waals surface area contributed by atoms with Crippen molar-refractivity contribution in [1.29, 1.82) is 0 Å². The van der Waals surface area contributed by atoms with Crippen LogP contribution in [0.25, 0.3) is 0 Å². The van der Waals surface area contributed by atoms with Crippen molar-refractivity contribution in [2.24, 2.45) is 11.7 Å². The molecule has 63 valence electrons. The smallest absolute Gasteiger partial charge is 0.320 e. The lowest BCUT2D eigenvalue weighted by atomic mass is 9.68. The van der Waals surface area contributed by atoms with Crippen molar-refractivity contribution in [1.82, 2.24) is 0 Å². The summed E-state index contributed by atoms with van der Waals surface area (Å²) >= 11 is 0. The number of hydrogen-bond donors (Lipinski definition) is 3. The number of rotatable bonds is 4. The lowest BCUT2D eigenvalue weighted by Crippen LogP contribution is -2.39. The Bertz CT molecular complexity index is 140. The van der Waals surface area contributed by atoms with E-state index >= 15 is 0 Å². The van der Waals surface area contributed by atoms with Gasteiger partial charge in [-0.2, -0.15) is 0 Å². The van der Waals surface area contributed by atoms with E-state index in [1.807, 2.05) is 0 Å². The zero-order valence-electron chi connectivity index (χ0n) is 6.69. The molecule has 5 heteroatoms. The topological polar surface area (TPSA) is 83.5 Å². The van der Waals surface area contributed by atoms with E-state index in [-0.39, 0.29) is 5.92 Å². The fraction of sp³-hybridized carbons (Fsp3) is 0.833. The Morgan fingerprint density at radius 3 is 2.09 bits per heavy atom. The first kappa shape index (κ1) is 10.5. The zero-order valence-corrected chi connectivity index (χ0v) is 6.69. The molecule has 0 aromatic heterocycles. The molecular formula is C6H13BNO3. The van der Waals surface area contributed by atoms with Gasteiger partial charge in [0.25, 0.3) is 7.48 Å². The molecule has 0 aliphatic rings. The normalized spacial score (nSPS) is 16.1. The van der Waals surface area contributed by atoms with Gasteiger partial charge >= 0.3 is 5.97 Å². The summed E-state index contributed by atoms with van der Waals surface area (Å²) in [7, 11) is 0.851. The predicted molar refractivity (Wildman–Crippen MR) is 42.2 cm³/mol. The van der Waals surface area contributed by atoms with Crippen molar-refractivity contribution in [3.8, 4) is 0 Å². The molecule has 0 aliphatic carbocycles. The van der Waals surface area contributed by atoms with E-state index in [0.29, 0.717) is 0 Å². The molecule has 0 rings (SSSR count). The van der Waals surface area contributed by atoms with Crippen LogP contribution >= 0.6 is 0 Å². The van der Waals surface area contributed by atoms with Gasteiger partial charge in [0.15, 0.2) is 0 Å². The molecule has 0 bridgehead atoms. The molecular weight excluding hydrogens is 145 g/mol. The average Bonchev–Trinajstić information content (AvgIpc) is 1.88. The molecule has 0 aromatic carbocycles. The maximum Gasteiger partial charge on any atom is 0.320 e. The molecule has 4 nitrogen and oxygen atoms in total. The average molecular weight is 158 g/mol. The SMILES string of the molecule is CC(C)C([B]O)[C@H](N)C(=O)O. The van der Waals surface area contributed by atoms with Crippen LogP contribution in [0.2, 0.25) is 5.82 Å². The second-order valence-electron chi connectivity index (χ2n) is 2.83. The molecule has 2 atom stereocenters. The Morgan fingerprint density at radius 2 is 2.00 bits per heavy atom. The third-order valence-electron chi connectivity index (χ3n) is 1.64. The first-order valence-electron chi connectivity index (χ1n) is 3.46. The van der Waals surface area contributed by atoms with E-state index in [9.17, 15) is 4.79 Å². The van der Waals surface area contributed by atoms with Gasteiger partial charge in [-0.05, 0) is 11.7 Å². The Morgan fingerprint density at radius 1 is 1.55 bits per heavy atom. The van der Waals surface area contributed by atoms with E-state index in [0.717, 1.165) is 7.48 Å². The minimum atomic E-state index is -1.09. The lowest BCUT2D eigenvalue weighted by molar-refractivity contribution is -0.138. The molecule has 0 spiro atoms. The maximum absolute atomic E-state index is 10.3. The Labute approximate surface area is 66.7 Å². The van der Waals surface area contributed by atoms with Gasteiger partial charge in [0, 0.05) is 0 Å². The van der Waals surface area contributed by atoms with Crippen LogP contribution in [0.4, 0.5) is 0 Å². The first-order chi connectivity index (χ1) is 5.00. The molecule has 0 saturated heterocycles. The number of carboxylic acid groups (broad SMARTS) is 1. The van der Waals surface area contributed by atoms with E-state index in [1.165, 1.54) is 0 Å². The van der Waals surface area contributed by atoms with Crippen LogP contribution < -0.4 is 5.73 Å². The summed E-state index contributed by atoms with van der Waals surface area (Å²) < 4.78 is 0. The van der Waals surface area contributed by atoms with Gasteiger partial charge in [0.1, 0.15) is 6.04 Å². The molecule has 0 heterocycles. The molecule has 1 radical (unpaired) electrons. The summed E-state index contributed by atoms with van der Waals surface area (Å²) in [6, 6.07) is -1.01. The first-order valence-corrected chi connectivity index (χ1v) is 3.46. The van der Waals surface area contributed by atoms with Crippen LogP contribution in [0.3, 0.4) is 0 Å². The molecule has 0 amide bonds. The molecule has 4 N–H and O–H groups in total. The number of carbonyl (C=O) groups is 1. The summed E-state index contributed by atoms with van der Waals surface area (Å²) in [6.45, 7) is 3.61. The Balaban J connectivity index is 4.13. The zero-order chi connectivity index (χ0) is 9.02. The second-order valence-corrected chi connectivity index (χ2v) is 2.83. The third kappa shape index (κ3) is 2.90. The molecule has 0 aromatic rings. The highest BCUT2D eigenvalue weighted by atomic mass is 16.4. The van der Waals surface area contributed by atoms with E-state index < -0.39 is 17.8 Å². The largest absolute Gasteiger partial charge is 0.480 e. The van der Waals surface area contributed by atoms with Gasteiger partial charge in [0.05, 0.1) is 0 Å². The van der Waals surface area contributed by atoms with Gasteiger partial charge in [-0.3, -0.25) is 4.79 Å². The van der Waals surface area contributed by atoms with Crippen molar-refractivity contribution >= 4 is 13.5 Å². The van der Waals surface area contributed by atoms with Crippen molar-refractivity contribution in [2.45, 2.75) is 25.7 Å². The van der Waals surface area contributed by atoms with E-state index in [4.69, 9.17) is 15.9 Å². The van der Waals surface area contributed by atoms with Gasteiger partial charge in [-0.1, -0.05) is 13.8 Å². The number of hydrogen-bond acceptors (Lipinski definition) is 3. The van der Waals surface area contributed by atoms with Crippen molar-refractivity contribution < 1.29 is 14.9 Å². The van der Waals surface area contributed by atoms with Gasteiger partial charge < -0.3 is 15.9 Å². The Hall–Kier alpha value is -0.545. The molecule has 0 saturated carbocycles. The lowest BCUT2D eigenvalue weighted by Gasteiger charge is -2.20. The molecule has 11 heavy (non-hydrogen) atoms. The van der Waals surface area contributed by atoms with Gasteiger partial charge in [0.2, 0.25) is 0 Å². The minimum Gasteiger partial charge on any atom is -0.480 e. The second kappa shape index (κ2) is 4.36. The quantitative estimate of drug-likeness (QED) is 0.479. The monoisotopic (exact) mass is 158 g/mol. The minimum absolute atomic E-state index is 0.0334. The third-order valence-corrected chi connectivity index (χ3v) is 1.64. The van der Waals surface area contributed by atoms with Crippen LogP contribution in [0, 0.1) is 5.92 Å². The van der Waals surface area contributed by atoms with E-state index in [1.54, 1.807) is 13.8 Å². The summed E-state index contributed by atoms with van der Waals surface area (Å²) in [5, 5.41) is 17.1. The van der Waals surface area contributed by atoms with Gasteiger partial charge in [-0.25, -0.2) is 0 Å². The van der Waals surface area contributed by atoms with Crippen LogP contribution in [0.15, 0.2) is 0 Å². The summed E-state index contributed by atoms with van der Waals surface area (Å²) in [6.07, 6.45) is 0. The van der Waals surface area contributed by atoms with Crippen LogP contribution in [0.1, 0.15) is 13.8 Å². The summed E-state index contributed by atoms with van der Waals surface area (Å²) in [5.41, 5.74) is 5.28. The molecule has 0 fully saturated rings. The standard InChI is InChI=1S/C6H13BNO3/c1-3(2)4(7-11)5(8)6(9)10/h3-5,11H,8H2,1-2H3,(H,9,10)/t4?,5-/m0/s1. The van der Waals surface area contributed by atoms with Crippen molar-refractivity contribution in [3.05, 3.63) is 0 Å². The number of nitrogens with two attached hydrogens (primary N) is 1. The highest BCUT2D eigenvalue weighted by Gasteiger charge is 2.27. The highest BCUT2D eigenvalue weighted by molar-refractivity contribution is 6.29. The predicted octanol–water partition coefficient (Wildman–Crippen LogP) is -0.546. The number of aliphatic carboxylic acids is 1. The fourth-order valence-corrected chi connectivity index (χ4v) is 0.844. The number of carboxylic acids is 1. The van der Waals surface area contributed by atoms with Crippen LogP contribution in [-0.2, 0) is 4.79 Å². The van der Waals surface area contributed by atoms with Crippen molar-refractivity contribution in [3.63, 3.8) is 0 Å². The molecule has 0 aliphatic heterocycles. The maximum atomic E-state index is 10.3. The Kier molecular flexibility index (Phi) is 4.14. The summed E-state index contributed by atoms with van der Waals surface area (Å²) in [4.78, 5) is 10.3. The van der Waals surface area contributed by atoms with E-state index in [2.05, 4.69) is 0 Å². The highest BCUT2D eigenvalue weighted by Crippen LogP contribution is 2.18. The van der Waals surface area contributed by atoms with Crippen LogP contribution in [-0.4, -0.2) is 29.6 Å². The van der Waals surface area contributed by atoms with Crippen molar-refractivity contribution in [2.75, 3.05) is 0 Å².